The van der Waals surface area contributed by atoms with Crippen LogP contribution in [-0.4, -0.2) is 9.78 Å². The molecule has 88 valence electrons. The zero-order valence-electron chi connectivity index (χ0n) is 10.1. The van der Waals surface area contributed by atoms with E-state index in [9.17, 15) is 0 Å². The van der Waals surface area contributed by atoms with Crippen molar-refractivity contribution in [1.29, 1.82) is 5.26 Å². The summed E-state index contributed by atoms with van der Waals surface area (Å²) in [5, 5.41) is 15.5. The standard InChI is InChI=1S/C13H15N3S/c1-10(2)8-16-9-11(5-6-14)13(15-16)12-4-3-7-17-12/h3-4,7,9-10H,5,8H2,1-2H3. The van der Waals surface area contributed by atoms with Crippen LogP contribution < -0.4 is 0 Å². The van der Waals surface area contributed by atoms with Crippen molar-refractivity contribution >= 4 is 11.3 Å². The van der Waals surface area contributed by atoms with Crippen LogP contribution in [0.4, 0.5) is 0 Å². The van der Waals surface area contributed by atoms with E-state index < -0.39 is 0 Å². The van der Waals surface area contributed by atoms with Crippen molar-refractivity contribution in [2.24, 2.45) is 5.92 Å². The van der Waals surface area contributed by atoms with Crippen molar-refractivity contribution in [3.05, 3.63) is 29.3 Å². The van der Waals surface area contributed by atoms with E-state index in [2.05, 4.69) is 25.0 Å². The van der Waals surface area contributed by atoms with E-state index in [-0.39, 0.29) is 0 Å². The van der Waals surface area contributed by atoms with E-state index in [0.29, 0.717) is 12.3 Å². The van der Waals surface area contributed by atoms with E-state index in [0.717, 1.165) is 22.7 Å². The molecule has 0 aliphatic carbocycles. The summed E-state index contributed by atoms with van der Waals surface area (Å²) in [5.41, 5.74) is 1.98. The van der Waals surface area contributed by atoms with Crippen LogP contribution in [0.1, 0.15) is 19.4 Å². The quantitative estimate of drug-likeness (QED) is 0.829. The van der Waals surface area contributed by atoms with Crippen molar-refractivity contribution in [3.63, 3.8) is 0 Å². The van der Waals surface area contributed by atoms with Crippen LogP contribution in [0.5, 0.6) is 0 Å². The van der Waals surface area contributed by atoms with Crippen molar-refractivity contribution in [2.75, 3.05) is 0 Å². The first-order chi connectivity index (χ1) is 8.20. The Bertz CT molecular complexity index is 517. The highest BCUT2D eigenvalue weighted by molar-refractivity contribution is 7.13. The molecule has 2 heterocycles. The van der Waals surface area contributed by atoms with Crippen molar-refractivity contribution in [2.45, 2.75) is 26.8 Å². The van der Waals surface area contributed by atoms with Gasteiger partial charge in [0.05, 0.1) is 17.4 Å². The predicted molar refractivity (Wildman–Crippen MR) is 69.7 cm³/mol. The Labute approximate surface area is 105 Å². The van der Waals surface area contributed by atoms with E-state index >= 15 is 0 Å². The summed E-state index contributed by atoms with van der Waals surface area (Å²) < 4.78 is 1.95. The fraction of sp³-hybridized carbons (Fsp3) is 0.385. The molecule has 0 amide bonds. The van der Waals surface area contributed by atoms with Crippen LogP contribution in [0.25, 0.3) is 10.6 Å². The van der Waals surface area contributed by atoms with Gasteiger partial charge in [0.2, 0.25) is 0 Å². The summed E-state index contributed by atoms with van der Waals surface area (Å²) in [6.07, 6.45) is 2.42. The first kappa shape index (κ1) is 11.9. The van der Waals surface area contributed by atoms with Gasteiger partial charge >= 0.3 is 0 Å². The largest absolute Gasteiger partial charge is 0.272 e. The predicted octanol–water partition coefficient (Wildman–Crippen LogP) is 3.33. The summed E-state index contributed by atoms with van der Waals surface area (Å²) in [5.74, 6) is 0.557. The van der Waals surface area contributed by atoms with Gasteiger partial charge in [-0.05, 0) is 17.4 Å². The molecule has 0 spiro atoms. The number of thiophene rings is 1. The highest BCUT2D eigenvalue weighted by Gasteiger charge is 2.12. The molecule has 0 fully saturated rings. The Balaban J connectivity index is 2.36. The Morgan fingerprint density at radius 1 is 1.53 bits per heavy atom. The summed E-state index contributed by atoms with van der Waals surface area (Å²) >= 11 is 1.66. The molecule has 3 nitrogen and oxygen atoms in total. The fourth-order valence-corrected chi connectivity index (χ4v) is 2.51. The second-order valence-corrected chi connectivity index (χ2v) is 5.38. The minimum Gasteiger partial charge on any atom is -0.272 e. The molecule has 0 saturated heterocycles. The molecule has 0 unspecified atom stereocenters. The Kier molecular flexibility index (Phi) is 3.60. The molecule has 2 aromatic rings. The first-order valence-electron chi connectivity index (χ1n) is 5.68. The van der Waals surface area contributed by atoms with E-state index in [4.69, 9.17) is 5.26 Å². The molecule has 0 aromatic carbocycles. The Morgan fingerprint density at radius 3 is 2.94 bits per heavy atom. The number of nitriles is 1. The number of hydrogen-bond donors (Lipinski definition) is 0. The van der Waals surface area contributed by atoms with Gasteiger partial charge in [-0.15, -0.1) is 11.3 Å². The van der Waals surface area contributed by atoms with E-state index in [1.165, 1.54) is 0 Å². The fourth-order valence-electron chi connectivity index (χ4n) is 1.77. The monoisotopic (exact) mass is 245 g/mol. The van der Waals surface area contributed by atoms with Gasteiger partial charge in [0.1, 0.15) is 5.69 Å². The molecule has 0 radical (unpaired) electrons. The number of nitrogens with zero attached hydrogens (tertiary/aromatic N) is 3. The smallest absolute Gasteiger partial charge is 0.106 e. The third-order valence-corrected chi connectivity index (χ3v) is 3.29. The SMILES string of the molecule is CC(C)Cn1cc(CC#N)c(-c2cccs2)n1. The molecule has 0 aliphatic heterocycles. The highest BCUT2D eigenvalue weighted by Crippen LogP contribution is 2.27. The van der Waals surface area contributed by atoms with E-state index in [1.807, 2.05) is 28.4 Å². The lowest BCUT2D eigenvalue weighted by Crippen LogP contribution is -2.04. The number of hydrogen-bond acceptors (Lipinski definition) is 3. The van der Waals surface area contributed by atoms with E-state index in [1.54, 1.807) is 11.3 Å². The van der Waals surface area contributed by atoms with Crippen LogP contribution in [0.3, 0.4) is 0 Å². The lowest BCUT2D eigenvalue weighted by molar-refractivity contribution is 0.484. The zero-order chi connectivity index (χ0) is 12.3. The van der Waals surface area contributed by atoms with Crippen LogP contribution in [0.15, 0.2) is 23.7 Å². The number of rotatable bonds is 4. The molecule has 0 atom stereocenters. The maximum Gasteiger partial charge on any atom is 0.106 e. The molecule has 0 aliphatic rings. The minimum absolute atomic E-state index is 0.422. The third-order valence-electron chi connectivity index (χ3n) is 2.41. The maximum atomic E-state index is 8.85. The number of aromatic nitrogens is 2. The van der Waals surface area contributed by atoms with Crippen molar-refractivity contribution in [3.8, 4) is 16.6 Å². The molecular weight excluding hydrogens is 230 g/mol. The second kappa shape index (κ2) is 5.15. The van der Waals surface area contributed by atoms with Gasteiger partial charge in [0.15, 0.2) is 0 Å². The normalized spacial score (nSPS) is 10.7. The molecule has 4 heteroatoms. The van der Waals surface area contributed by atoms with Crippen LogP contribution in [0.2, 0.25) is 0 Å². The van der Waals surface area contributed by atoms with Crippen LogP contribution in [0, 0.1) is 17.2 Å². The summed E-state index contributed by atoms with van der Waals surface area (Å²) in [7, 11) is 0. The molecule has 0 N–H and O–H groups in total. The summed E-state index contributed by atoms with van der Waals surface area (Å²) in [6.45, 7) is 5.22. The Morgan fingerprint density at radius 2 is 2.35 bits per heavy atom. The molecule has 2 aromatic heterocycles. The van der Waals surface area contributed by atoms with Gasteiger partial charge in [-0.25, -0.2) is 0 Å². The Hall–Kier alpha value is -1.60. The third kappa shape index (κ3) is 2.75. The molecular formula is C13H15N3S. The van der Waals surface area contributed by atoms with Crippen LogP contribution >= 0.6 is 11.3 Å². The van der Waals surface area contributed by atoms with Gasteiger partial charge in [-0.2, -0.15) is 10.4 Å². The molecule has 17 heavy (non-hydrogen) atoms. The topological polar surface area (TPSA) is 41.6 Å². The average Bonchev–Trinajstić information content (AvgIpc) is 2.86. The maximum absolute atomic E-state index is 8.85. The average molecular weight is 245 g/mol. The van der Waals surface area contributed by atoms with Gasteiger partial charge in [0, 0.05) is 18.3 Å². The molecule has 0 saturated carbocycles. The van der Waals surface area contributed by atoms with Crippen LogP contribution in [-0.2, 0) is 13.0 Å². The lowest BCUT2D eigenvalue weighted by atomic mass is 10.2. The van der Waals surface area contributed by atoms with Crippen molar-refractivity contribution in [1.82, 2.24) is 9.78 Å². The van der Waals surface area contributed by atoms with Gasteiger partial charge < -0.3 is 0 Å². The highest BCUT2D eigenvalue weighted by atomic mass is 32.1. The van der Waals surface area contributed by atoms with Gasteiger partial charge in [-0.1, -0.05) is 19.9 Å². The van der Waals surface area contributed by atoms with Crippen molar-refractivity contribution < 1.29 is 0 Å². The van der Waals surface area contributed by atoms with Gasteiger partial charge in [-0.3, -0.25) is 4.68 Å². The lowest BCUT2D eigenvalue weighted by Gasteiger charge is -2.03. The van der Waals surface area contributed by atoms with Gasteiger partial charge in [0.25, 0.3) is 0 Å². The first-order valence-corrected chi connectivity index (χ1v) is 6.56. The minimum atomic E-state index is 0.422. The second-order valence-electron chi connectivity index (χ2n) is 4.43. The summed E-state index contributed by atoms with van der Waals surface area (Å²) in [4.78, 5) is 1.14. The molecule has 0 bridgehead atoms. The molecule has 2 rings (SSSR count). The zero-order valence-corrected chi connectivity index (χ0v) is 10.9. The summed E-state index contributed by atoms with van der Waals surface area (Å²) in [6, 6.07) is 6.27.